The van der Waals surface area contributed by atoms with Crippen LogP contribution in [0.1, 0.15) is 13.8 Å². The highest BCUT2D eigenvalue weighted by atomic mass is 28.5. The molecule has 0 aliphatic carbocycles. The number of hydrogen-bond acceptors (Lipinski definition) is 2. The molecule has 0 unspecified atom stereocenters. The van der Waals surface area contributed by atoms with E-state index in [2.05, 4.69) is 39.3 Å². The van der Waals surface area contributed by atoms with Crippen molar-refractivity contribution in [1.29, 1.82) is 0 Å². The SMILES string of the molecule is CC.C[SiH](C)O[Si](C)(C)O[SiH](C)C. The Morgan fingerprint density at radius 2 is 1.00 bits per heavy atom. The van der Waals surface area contributed by atoms with Crippen molar-refractivity contribution in [3.63, 3.8) is 0 Å². The third-order valence-electron chi connectivity index (χ3n) is 1.04. The van der Waals surface area contributed by atoms with Crippen molar-refractivity contribution in [2.45, 2.75) is 53.1 Å². The Kier molecular flexibility index (Phi) is 9.77. The van der Waals surface area contributed by atoms with E-state index in [0.717, 1.165) is 0 Å². The van der Waals surface area contributed by atoms with E-state index in [0.29, 0.717) is 0 Å². The van der Waals surface area contributed by atoms with Crippen LogP contribution in [0.5, 0.6) is 0 Å². The van der Waals surface area contributed by atoms with Crippen molar-refractivity contribution in [2.24, 2.45) is 0 Å². The second kappa shape index (κ2) is 7.93. The lowest BCUT2D eigenvalue weighted by atomic mass is 11.0. The van der Waals surface area contributed by atoms with Gasteiger partial charge in [0.1, 0.15) is 0 Å². The molecular formula is C8H26O2Si3. The lowest BCUT2D eigenvalue weighted by Crippen LogP contribution is -2.42. The summed E-state index contributed by atoms with van der Waals surface area (Å²) >= 11 is 0. The lowest BCUT2D eigenvalue weighted by molar-refractivity contribution is 0.415. The van der Waals surface area contributed by atoms with Crippen molar-refractivity contribution in [2.75, 3.05) is 0 Å². The van der Waals surface area contributed by atoms with Crippen LogP contribution in [0, 0.1) is 0 Å². The van der Waals surface area contributed by atoms with Crippen LogP contribution < -0.4 is 0 Å². The molecule has 0 N–H and O–H groups in total. The molecule has 0 aromatic carbocycles. The zero-order valence-corrected chi connectivity index (χ0v) is 13.8. The van der Waals surface area contributed by atoms with E-state index in [1.807, 2.05) is 13.8 Å². The molecule has 0 saturated carbocycles. The van der Waals surface area contributed by atoms with Gasteiger partial charge >= 0.3 is 8.56 Å². The molecule has 0 aromatic heterocycles. The summed E-state index contributed by atoms with van der Waals surface area (Å²) in [6.45, 7) is 17.1. The van der Waals surface area contributed by atoms with Crippen LogP contribution in [0.2, 0.25) is 39.3 Å². The molecule has 0 saturated heterocycles. The average Bonchev–Trinajstić information content (AvgIpc) is 1.85. The van der Waals surface area contributed by atoms with Crippen LogP contribution in [0.4, 0.5) is 0 Å². The quantitative estimate of drug-likeness (QED) is 0.701. The summed E-state index contributed by atoms with van der Waals surface area (Å²) in [5.74, 6) is 0. The van der Waals surface area contributed by atoms with E-state index in [-0.39, 0.29) is 0 Å². The Labute approximate surface area is 88.4 Å². The van der Waals surface area contributed by atoms with Crippen molar-refractivity contribution in [3.8, 4) is 0 Å². The molecule has 0 spiro atoms. The summed E-state index contributed by atoms with van der Waals surface area (Å²) in [6, 6.07) is 0. The van der Waals surface area contributed by atoms with Crippen LogP contribution in [-0.4, -0.2) is 26.6 Å². The highest BCUT2D eigenvalue weighted by Gasteiger charge is 2.26. The van der Waals surface area contributed by atoms with E-state index < -0.39 is 26.6 Å². The fourth-order valence-electron chi connectivity index (χ4n) is 1.16. The number of hydrogen-bond donors (Lipinski definition) is 0. The van der Waals surface area contributed by atoms with Gasteiger partial charge in [-0.05, 0) is 39.3 Å². The van der Waals surface area contributed by atoms with E-state index in [9.17, 15) is 0 Å². The van der Waals surface area contributed by atoms with Crippen molar-refractivity contribution < 1.29 is 8.23 Å². The minimum atomic E-state index is -1.71. The predicted octanol–water partition coefficient (Wildman–Crippen LogP) is 2.71. The first-order valence-electron chi connectivity index (χ1n) is 5.19. The largest absolute Gasteiger partial charge is 0.440 e. The third kappa shape index (κ3) is 12.6. The van der Waals surface area contributed by atoms with Gasteiger partial charge < -0.3 is 8.23 Å². The molecule has 0 aliphatic heterocycles. The first-order chi connectivity index (χ1) is 5.83. The summed E-state index contributed by atoms with van der Waals surface area (Å²) < 4.78 is 11.7. The van der Waals surface area contributed by atoms with Crippen molar-refractivity contribution in [3.05, 3.63) is 0 Å². The van der Waals surface area contributed by atoms with Gasteiger partial charge in [0.25, 0.3) is 0 Å². The molecule has 0 radical (unpaired) electrons. The molecule has 0 atom stereocenters. The molecule has 0 aromatic rings. The second-order valence-electron chi connectivity index (χ2n) is 3.73. The third-order valence-corrected chi connectivity index (χ3v) is 9.35. The van der Waals surface area contributed by atoms with Crippen LogP contribution >= 0.6 is 0 Å². The van der Waals surface area contributed by atoms with Crippen LogP contribution in [0.15, 0.2) is 0 Å². The zero-order chi connectivity index (χ0) is 11.1. The molecular weight excluding hydrogens is 212 g/mol. The Bertz CT molecular complexity index is 104. The monoisotopic (exact) mass is 238 g/mol. The van der Waals surface area contributed by atoms with Crippen LogP contribution in [-0.2, 0) is 8.23 Å². The average molecular weight is 239 g/mol. The van der Waals surface area contributed by atoms with E-state index in [1.165, 1.54) is 0 Å². The van der Waals surface area contributed by atoms with E-state index in [1.54, 1.807) is 0 Å². The van der Waals surface area contributed by atoms with Gasteiger partial charge in [0.15, 0.2) is 18.1 Å². The summed E-state index contributed by atoms with van der Waals surface area (Å²) in [5, 5.41) is 0. The minimum Gasteiger partial charge on any atom is -0.440 e. The maximum atomic E-state index is 5.84. The molecule has 0 heterocycles. The second-order valence-corrected chi connectivity index (χ2v) is 12.6. The zero-order valence-electron chi connectivity index (χ0n) is 10.5. The Morgan fingerprint density at radius 3 is 1.15 bits per heavy atom. The Hall–Kier alpha value is 0.571. The summed E-state index contributed by atoms with van der Waals surface area (Å²) in [4.78, 5) is 0. The summed E-state index contributed by atoms with van der Waals surface area (Å²) in [6.07, 6.45) is 0. The van der Waals surface area contributed by atoms with Gasteiger partial charge in [0, 0.05) is 0 Å². The first kappa shape index (κ1) is 16.0. The summed E-state index contributed by atoms with van der Waals surface area (Å²) in [5.41, 5.74) is 0. The maximum absolute atomic E-state index is 5.84. The minimum absolute atomic E-state index is 0.895. The highest BCUT2D eigenvalue weighted by Crippen LogP contribution is 2.09. The highest BCUT2D eigenvalue weighted by molar-refractivity contribution is 6.78. The molecule has 0 aliphatic rings. The van der Waals surface area contributed by atoms with Gasteiger partial charge in [-0.15, -0.1) is 0 Å². The molecule has 5 heteroatoms. The molecule has 0 rings (SSSR count). The fourth-order valence-corrected chi connectivity index (χ4v) is 11.0. The Morgan fingerprint density at radius 1 is 0.769 bits per heavy atom. The molecule has 13 heavy (non-hydrogen) atoms. The van der Waals surface area contributed by atoms with Gasteiger partial charge in [-0.3, -0.25) is 0 Å². The van der Waals surface area contributed by atoms with Gasteiger partial charge in [-0.2, -0.15) is 0 Å². The Balaban J connectivity index is 0. The van der Waals surface area contributed by atoms with Crippen molar-refractivity contribution >= 4 is 26.6 Å². The van der Waals surface area contributed by atoms with Gasteiger partial charge in [-0.25, -0.2) is 0 Å². The smallest absolute Gasteiger partial charge is 0.310 e. The van der Waals surface area contributed by atoms with Gasteiger partial charge in [0.2, 0.25) is 0 Å². The summed E-state index contributed by atoms with van der Waals surface area (Å²) in [7, 11) is -3.50. The van der Waals surface area contributed by atoms with Crippen LogP contribution in [0.3, 0.4) is 0 Å². The normalized spacial score (nSPS) is 11.5. The first-order valence-corrected chi connectivity index (χ1v) is 13.6. The molecule has 0 fully saturated rings. The maximum Gasteiger partial charge on any atom is 0.310 e. The van der Waals surface area contributed by atoms with Crippen molar-refractivity contribution in [1.82, 2.24) is 0 Å². The molecule has 0 amide bonds. The molecule has 82 valence electrons. The predicted molar refractivity (Wildman–Crippen MR) is 68.8 cm³/mol. The fraction of sp³-hybridized carbons (Fsp3) is 1.00. The lowest BCUT2D eigenvalue weighted by Gasteiger charge is -2.27. The van der Waals surface area contributed by atoms with Gasteiger partial charge in [0.05, 0.1) is 0 Å². The molecule has 2 nitrogen and oxygen atoms in total. The van der Waals surface area contributed by atoms with Gasteiger partial charge in [-0.1, -0.05) is 13.8 Å². The number of rotatable bonds is 4. The topological polar surface area (TPSA) is 18.5 Å². The molecule has 0 bridgehead atoms. The standard InChI is InChI=1S/C6H20O2Si3.C2H6/c1-9(2)7-11(5,6)8-10(3)4;1-2/h9-10H,1-6H3;1-2H3. The van der Waals surface area contributed by atoms with Crippen LogP contribution in [0.25, 0.3) is 0 Å². The van der Waals surface area contributed by atoms with E-state index in [4.69, 9.17) is 8.23 Å². The van der Waals surface area contributed by atoms with E-state index >= 15 is 0 Å².